The lowest BCUT2D eigenvalue weighted by molar-refractivity contribution is 0.336. The molecule has 1 rings (SSSR count). The third kappa shape index (κ3) is 3.16. The van der Waals surface area contributed by atoms with E-state index >= 15 is 0 Å². The molecule has 0 fully saturated rings. The maximum absolute atomic E-state index is 5.53. The molecule has 0 aliphatic heterocycles. The van der Waals surface area contributed by atoms with Gasteiger partial charge in [0.1, 0.15) is 5.76 Å². The topological polar surface area (TPSA) is 51.2 Å². The average Bonchev–Trinajstić information content (AvgIpc) is 2.66. The maximum Gasteiger partial charge on any atom is 0.105 e. The molecular weight excluding hydrogens is 176 g/mol. The Morgan fingerprint density at radius 1 is 1.57 bits per heavy atom. The smallest absolute Gasteiger partial charge is 0.105 e. The zero-order chi connectivity index (χ0) is 10.4. The lowest BCUT2D eigenvalue weighted by atomic mass is 9.94. The molecule has 0 amide bonds. The second-order valence-corrected chi connectivity index (χ2v) is 3.82. The lowest BCUT2D eigenvalue weighted by Gasteiger charge is -2.21. The van der Waals surface area contributed by atoms with Crippen LogP contribution in [0, 0.1) is 5.92 Å². The number of nitrogens with two attached hydrogens (primary N) is 1. The fraction of sp³-hybridized carbons (Fsp3) is 0.636. The molecule has 0 saturated heterocycles. The molecule has 3 heteroatoms. The van der Waals surface area contributed by atoms with E-state index in [9.17, 15) is 0 Å². The Bertz CT molecular complexity index is 233. The van der Waals surface area contributed by atoms with Gasteiger partial charge in [0.25, 0.3) is 0 Å². The number of rotatable bonds is 6. The lowest BCUT2D eigenvalue weighted by Crippen LogP contribution is -2.41. The van der Waals surface area contributed by atoms with Gasteiger partial charge < -0.3 is 4.42 Å². The Kier molecular flexibility index (Phi) is 4.70. The van der Waals surface area contributed by atoms with Gasteiger partial charge in [0, 0.05) is 12.5 Å². The minimum atomic E-state index is 0.307. The summed E-state index contributed by atoms with van der Waals surface area (Å²) in [7, 11) is 0. The van der Waals surface area contributed by atoms with Gasteiger partial charge in [-0.2, -0.15) is 0 Å². The summed E-state index contributed by atoms with van der Waals surface area (Å²) in [5.41, 5.74) is 2.86. The van der Waals surface area contributed by atoms with Crippen molar-refractivity contribution in [2.24, 2.45) is 11.8 Å². The molecule has 2 unspecified atom stereocenters. The molecular formula is C11H20N2O. The minimum Gasteiger partial charge on any atom is -0.469 e. The van der Waals surface area contributed by atoms with E-state index in [2.05, 4.69) is 19.3 Å². The summed E-state index contributed by atoms with van der Waals surface area (Å²) < 4.78 is 5.30. The van der Waals surface area contributed by atoms with Crippen molar-refractivity contribution >= 4 is 0 Å². The fourth-order valence-corrected chi connectivity index (χ4v) is 1.73. The molecule has 0 radical (unpaired) electrons. The molecule has 1 heterocycles. The predicted octanol–water partition coefficient (Wildman–Crippen LogP) is 2.09. The summed E-state index contributed by atoms with van der Waals surface area (Å²) in [6, 6.07) is 4.21. The van der Waals surface area contributed by atoms with Crippen molar-refractivity contribution in [3.8, 4) is 0 Å². The molecule has 1 aromatic rings. The average molecular weight is 196 g/mol. The van der Waals surface area contributed by atoms with Crippen LogP contribution in [-0.2, 0) is 6.42 Å². The largest absolute Gasteiger partial charge is 0.469 e. The van der Waals surface area contributed by atoms with Gasteiger partial charge in [0.15, 0.2) is 0 Å². The van der Waals surface area contributed by atoms with E-state index in [1.807, 2.05) is 12.1 Å². The van der Waals surface area contributed by atoms with Crippen LogP contribution in [0.2, 0.25) is 0 Å². The maximum atomic E-state index is 5.53. The van der Waals surface area contributed by atoms with Crippen molar-refractivity contribution in [1.29, 1.82) is 0 Å². The van der Waals surface area contributed by atoms with Gasteiger partial charge in [0.05, 0.1) is 6.26 Å². The predicted molar refractivity (Wildman–Crippen MR) is 57.6 cm³/mol. The van der Waals surface area contributed by atoms with Crippen LogP contribution in [0.15, 0.2) is 22.8 Å². The van der Waals surface area contributed by atoms with Gasteiger partial charge in [-0.25, -0.2) is 0 Å². The van der Waals surface area contributed by atoms with Gasteiger partial charge in [-0.3, -0.25) is 11.3 Å². The highest BCUT2D eigenvalue weighted by atomic mass is 16.3. The summed E-state index contributed by atoms with van der Waals surface area (Å²) in [5, 5.41) is 0. The van der Waals surface area contributed by atoms with Crippen molar-refractivity contribution in [3.05, 3.63) is 24.2 Å². The Balaban J connectivity index is 2.46. The highest BCUT2D eigenvalue weighted by Gasteiger charge is 2.16. The zero-order valence-electron chi connectivity index (χ0n) is 8.99. The van der Waals surface area contributed by atoms with Crippen LogP contribution in [0.5, 0.6) is 0 Å². The second kappa shape index (κ2) is 5.83. The third-order valence-corrected chi connectivity index (χ3v) is 2.65. The summed E-state index contributed by atoms with van der Waals surface area (Å²) in [6.07, 6.45) is 4.95. The first-order valence-corrected chi connectivity index (χ1v) is 5.26. The molecule has 3 nitrogen and oxygen atoms in total. The van der Waals surface area contributed by atoms with E-state index in [0.29, 0.717) is 12.0 Å². The highest BCUT2D eigenvalue weighted by Crippen LogP contribution is 2.14. The van der Waals surface area contributed by atoms with E-state index < -0.39 is 0 Å². The molecule has 0 bridgehead atoms. The molecule has 0 spiro atoms. The molecule has 0 aromatic carbocycles. The number of nitrogens with one attached hydrogen (secondary N) is 1. The SMILES string of the molecule is CCCC(C)C(Cc1ccco1)NN. The van der Waals surface area contributed by atoms with Gasteiger partial charge in [-0.1, -0.05) is 20.3 Å². The number of hydrazine groups is 1. The van der Waals surface area contributed by atoms with E-state index in [0.717, 1.165) is 12.2 Å². The molecule has 14 heavy (non-hydrogen) atoms. The Labute approximate surface area is 85.6 Å². The number of hydrogen-bond acceptors (Lipinski definition) is 3. The number of furan rings is 1. The Hall–Kier alpha value is -0.800. The van der Waals surface area contributed by atoms with Gasteiger partial charge >= 0.3 is 0 Å². The Morgan fingerprint density at radius 3 is 2.86 bits per heavy atom. The van der Waals surface area contributed by atoms with Crippen molar-refractivity contribution in [3.63, 3.8) is 0 Å². The third-order valence-electron chi connectivity index (χ3n) is 2.65. The summed E-state index contributed by atoms with van der Waals surface area (Å²) in [6.45, 7) is 4.41. The summed E-state index contributed by atoms with van der Waals surface area (Å²) in [4.78, 5) is 0. The standard InChI is InChI=1S/C11H20N2O/c1-3-5-9(2)11(13-12)8-10-6-4-7-14-10/h4,6-7,9,11,13H,3,5,8,12H2,1-2H3. The zero-order valence-corrected chi connectivity index (χ0v) is 8.99. The summed E-state index contributed by atoms with van der Waals surface area (Å²) in [5.74, 6) is 7.10. The van der Waals surface area contributed by atoms with Crippen LogP contribution in [-0.4, -0.2) is 6.04 Å². The van der Waals surface area contributed by atoms with Crippen molar-refractivity contribution < 1.29 is 4.42 Å². The molecule has 0 aliphatic rings. The van der Waals surface area contributed by atoms with Crippen LogP contribution >= 0.6 is 0 Å². The molecule has 0 saturated carbocycles. The van der Waals surface area contributed by atoms with Crippen molar-refractivity contribution in [2.45, 2.75) is 39.2 Å². The van der Waals surface area contributed by atoms with E-state index in [-0.39, 0.29) is 0 Å². The minimum absolute atomic E-state index is 0.307. The molecule has 2 atom stereocenters. The highest BCUT2D eigenvalue weighted by molar-refractivity contribution is 5.00. The summed E-state index contributed by atoms with van der Waals surface area (Å²) >= 11 is 0. The van der Waals surface area contributed by atoms with E-state index in [1.165, 1.54) is 12.8 Å². The van der Waals surface area contributed by atoms with Gasteiger partial charge in [-0.15, -0.1) is 0 Å². The molecule has 80 valence electrons. The second-order valence-electron chi connectivity index (χ2n) is 3.82. The Morgan fingerprint density at radius 2 is 2.36 bits per heavy atom. The van der Waals surface area contributed by atoms with Crippen LogP contribution in [0.3, 0.4) is 0 Å². The van der Waals surface area contributed by atoms with Crippen LogP contribution < -0.4 is 11.3 Å². The first-order valence-electron chi connectivity index (χ1n) is 5.26. The first-order chi connectivity index (χ1) is 6.77. The van der Waals surface area contributed by atoms with Crippen LogP contribution in [0.4, 0.5) is 0 Å². The van der Waals surface area contributed by atoms with E-state index in [4.69, 9.17) is 10.3 Å². The molecule has 3 N–H and O–H groups in total. The van der Waals surface area contributed by atoms with Gasteiger partial charge in [0.2, 0.25) is 0 Å². The normalized spacial score (nSPS) is 15.4. The number of hydrogen-bond donors (Lipinski definition) is 2. The molecule has 1 aromatic heterocycles. The van der Waals surface area contributed by atoms with Crippen LogP contribution in [0.1, 0.15) is 32.4 Å². The fourth-order valence-electron chi connectivity index (χ4n) is 1.73. The molecule has 0 aliphatic carbocycles. The van der Waals surface area contributed by atoms with Crippen LogP contribution in [0.25, 0.3) is 0 Å². The monoisotopic (exact) mass is 196 g/mol. The van der Waals surface area contributed by atoms with E-state index in [1.54, 1.807) is 6.26 Å². The van der Waals surface area contributed by atoms with Crippen molar-refractivity contribution in [1.82, 2.24) is 5.43 Å². The quantitative estimate of drug-likeness (QED) is 0.541. The van der Waals surface area contributed by atoms with Gasteiger partial charge in [-0.05, 0) is 24.5 Å². The first kappa shape index (κ1) is 11.3. The van der Waals surface area contributed by atoms with Crippen molar-refractivity contribution in [2.75, 3.05) is 0 Å².